The Morgan fingerprint density at radius 1 is 1.25 bits per heavy atom. The number of aryl methyl sites for hydroxylation is 1. The number of nitrogens with one attached hydrogen (secondary N) is 1. The first-order valence-electron chi connectivity index (χ1n) is 8.55. The number of fused-ring (bicyclic) bond motifs is 1. The van der Waals surface area contributed by atoms with E-state index in [4.69, 9.17) is 4.74 Å². The lowest BCUT2D eigenvalue weighted by molar-refractivity contribution is -0.384. The van der Waals surface area contributed by atoms with Gasteiger partial charge in [-0.3, -0.25) is 14.9 Å². The Bertz CT molecular complexity index is 1050. The topological polar surface area (TPSA) is 94.4 Å². The van der Waals surface area contributed by atoms with Crippen LogP contribution in [0.4, 0.5) is 11.4 Å². The van der Waals surface area contributed by atoms with Gasteiger partial charge in [-0.25, -0.2) is 4.98 Å². The maximum atomic E-state index is 12.6. The number of methoxy groups -OCH3 is 1. The minimum Gasteiger partial charge on any atom is -0.495 e. The third-order valence-corrected chi connectivity index (χ3v) is 5.24. The fraction of sp³-hybridized carbons (Fsp3) is 0.200. The molecule has 0 bridgehead atoms. The van der Waals surface area contributed by atoms with E-state index in [2.05, 4.69) is 10.3 Å². The first kappa shape index (κ1) is 19.6. The van der Waals surface area contributed by atoms with Crippen LogP contribution in [0.25, 0.3) is 10.9 Å². The van der Waals surface area contributed by atoms with Crippen LogP contribution in [0.15, 0.2) is 53.6 Å². The summed E-state index contributed by atoms with van der Waals surface area (Å²) >= 11 is 1.33. The SMILES string of the molecule is COc1ccc([N+](=O)[O-])cc1NC(=O)[C@H](C)Sc1cc(C)c2ccccc2n1. The zero-order chi connectivity index (χ0) is 20.3. The molecule has 0 aliphatic carbocycles. The standard InChI is InChI=1S/C20H19N3O4S/c1-12-10-19(21-16-7-5-4-6-15(12)16)28-13(2)20(24)22-17-11-14(23(25)26)8-9-18(17)27-3/h4-11,13H,1-3H3,(H,22,24)/t13-/m0/s1. The molecule has 0 spiro atoms. The molecular formula is C20H19N3O4S. The lowest BCUT2D eigenvalue weighted by atomic mass is 10.1. The summed E-state index contributed by atoms with van der Waals surface area (Å²) in [6.07, 6.45) is 0. The number of para-hydroxylation sites is 1. The van der Waals surface area contributed by atoms with Gasteiger partial charge in [0.25, 0.3) is 5.69 Å². The highest BCUT2D eigenvalue weighted by Gasteiger charge is 2.19. The maximum Gasteiger partial charge on any atom is 0.271 e. The second-order valence-electron chi connectivity index (χ2n) is 6.19. The number of thioether (sulfide) groups is 1. The normalized spacial score (nSPS) is 11.8. The fourth-order valence-corrected chi connectivity index (χ4v) is 3.68. The molecule has 0 radical (unpaired) electrons. The maximum absolute atomic E-state index is 12.6. The molecule has 1 aromatic heterocycles. The van der Waals surface area contributed by atoms with Crippen molar-refractivity contribution in [3.8, 4) is 5.75 Å². The van der Waals surface area contributed by atoms with Gasteiger partial charge < -0.3 is 10.1 Å². The third-order valence-electron chi connectivity index (χ3n) is 4.22. The molecule has 0 fully saturated rings. The number of nitrogens with zero attached hydrogens (tertiary/aromatic N) is 2. The number of amides is 1. The number of anilines is 1. The Balaban J connectivity index is 1.78. The summed E-state index contributed by atoms with van der Waals surface area (Å²) in [6.45, 7) is 3.77. The molecule has 28 heavy (non-hydrogen) atoms. The molecule has 0 saturated heterocycles. The molecule has 0 unspecified atom stereocenters. The van der Waals surface area contributed by atoms with Gasteiger partial charge in [-0.2, -0.15) is 0 Å². The molecule has 1 atom stereocenters. The minimum absolute atomic E-state index is 0.122. The Morgan fingerprint density at radius 3 is 2.71 bits per heavy atom. The minimum atomic E-state index is -0.519. The van der Waals surface area contributed by atoms with Crippen molar-refractivity contribution in [3.05, 3.63) is 64.2 Å². The van der Waals surface area contributed by atoms with Gasteiger partial charge in [0.15, 0.2) is 0 Å². The van der Waals surface area contributed by atoms with Crippen molar-refractivity contribution in [2.75, 3.05) is 12.4 Å². The summed E-state index contributed by atoms with van der Waals surface area (Å²) in [5.41, 5.74) is 2.10. The molecule has 1 amide bonds. The van der Waals surface area contributed by atoms with Crippen LogP contribution < -0.4 is 10.1 Å². The smallest absolute Gasteiger partial charge is 0.271 e. The largest absolute Gasteiger partial charge is 0.495 e. The fourth-order valence-electron chi connectivity index (χ4n) is 2.76. The van der Waals surface area contributed by atoms with Crippen molar-refractivity contribution in [2.45, 2.75) is 24.1 Å². The second kappa shape index (κ2) is 8.26. The number of aromatic nitrogens is 1. The van der Waals surface area contributed by atoms with E-state index in [1.807, 2.05) is 37.3 Å². The van der Waals surface area contributed by atoms with Crippen molar-refractivity contribution < 1.29 is 14.5 Å². The first-order chi connectivity index (χ1) is 13.4. The van der Waals surface area contributed by atoms with E-state index < -0.39 is 10.2 Å². The molecule has 0 aliphatic heterocycles. The summed E-state index contributed by atoms with van der Waals surface area (Å²) < 4.78 is 5.19. The Morgan fingerprint density at radius 2 is 2.00 bits per heavy atom. The molecular weight excluding hydrogens is 378 g/mol. The number of carbonyl (C=O) groups excluding carboxylic acids is 1. The number of benzene rings is 2. The van der Waals surface area contributed by atoms with Crippen molar-refractivity contribution in [1.82, 2.24) is 4.98 Å². The average Bonchev–Trinajstić information content (AvgIpc) is 2.67. The zero-order valence-corrected chi connectivity index (χ0v) is 16.4. The Labute approximate surface area is 166 Å². The average molecular weight is 397 g/mol. The van der Waals surface area contributed by atoms with E-state index in [1.165, 1.54) is 37.1 Å². The van der Waals surface area contributed by atoms with Crippen LogP contribution in [0.2, 0.25) is 0 Å². The van der Waals surface area contributed by atoms with E-state index >= 15 is 0 Å². The van der Waals surface area contributed by atoms with Gasteiger partial charge in [-0.05, 0) is 37.6 Å². The van der Waals surface area contributed by atoms with E-state index in [-0.39, 0.29) is 17.3 Å². The van der Waals surface area contributed by atoms with Crippen LogP contribution in [0.1, 0.15) is 12.5 Å². The quantitative estimate of drug-likeness (QED) is 0.372. The van der Waals surface area contributed by atoms with E-state index in [9.17, 15) is 14.9 Å². The first-order valence-corrected chi connectivity index (χ1v) is 9.43. The number of carbonyl (C=O) groups is 1. The van der Waals surface area contributed by atoms with Crippen LogP contribution in [0, 0.1) is 17.0 Å². The molecule has 1 N–H and O–H groups in total. The van der Waals surface area contributed by atoms with Gasteiger partial charge in [-0.15, -0.1) is 0 Å². The van der Waals surface area contributed by atoms with Gasteiger partial charge in [0.1, 0.15) is 5.75 Å². The summed E-state index contributed by atoms with van der Waals surface area (Å²) in [6, 6.07) is 13.9. The molecule has 0 saturated carbocycles. The van der Waals surface area contributed by atoms with E-state index in [0.29, 0.717) is 5.75 Å². The van der Waals surface area contributed by atoms with Crippen LogP contribution in [-0.2, 0) is 4.79 Å². The highest BCUT2D eigenvalue weighted by Crippen LogP contribution is 2.31. The van der Waals surface area contributed by atoms with Crippen LogP contribution in [0.3, 0.4) is 0 Å². The van der Waals surface area contributed by atoms with Crippen molar-refractivity contribution in [1.29, 1.82) is 0 Å². The highest BCUT2D eigenvalue weighted by molar-refractivity contribution is 8.00. The number of rotatable bonds is 6. The van der Waals surface area contributed by atoms with Gasteiger partial charge >= 0.3 is 0 Å². The van der Waals surface area contributed by atoms with Gasteiger partial charge in [-0.1, -0.05) is 30.0 Å². The van der Waals surface area contributed by atoms with Crippen LogP contribution >= 0.6 is 11.8 Å². The van der Waals surface area contributed by atoms with Crippen molar-refractivity contribution >= 4 is 39.9 Å². The number of non-ortho nitro benzene ring substituents is 1. The molecule has 7 nitrogen and oxygen atoms in total. The van der Waals surface area contributed by atoms with E-state index in [0.717, 1.165) is 21.5 Å². The number of nitro groups is 1. The summed E-state index contributed by atoms with van der Waals surface area (Å²) in [7, 11) is 1.44. The molecule has 0 aliphatic rings. The molecule has 1 heterocycles. The van der Waals surface area contributed by atoms with Crippen molar-refractivity contribution in [3.63, 3.8) is 0 Å². The highest BCUT2D eigenvalue weighted by atomic mass is 32.2. The predicted molar refractivity (Wildman–Crippen MR) is 110 cm³/mol. The van der Waals surface area contributed by atoms with Crippen LogP contribution in [0.5, 0.6) is 5.75 Å². The number of hydrogen-bond acceptors (Lipinski definition) is 6. The van der Waals surface area contributed by atoms with E-state index in [1.54, 1.807) is 6.92 Å². The molecule has 3 aromatic rings. The summed E-state index contributed by atoms with van der Waals surface area (Å²) in [5.74, 6) is 0.0623. The molecule has 3 rings (SSSR count). The summed E-state index contributed by atoms with van der Waals surface area (Å²) in [4.78, 5) is 27.7. The van der Waals surface area contributed by atoms with Crippen molar-refractivity contribution in [2.24, 2.45) is 0 Å². The van der Waals surface area contributed by atoms with Gasteiger partial charge in [0.05, 0.1) is 33.5 Å². The van der Waals surface area contributed by atoms with Gasteiger partial charge in [0.2, 0.25) is 5.91 Å². The van der Waals surface area contributed by atoms with Gasteiger partial charge in [0, 0.05) is 17.5 Å². The molecule has 144 valence electrons. The lowest BCUT2D eigenvalue weighted by Gasteiger charge is -2.14. The number of pyridine rings is 1. The molecule has 8 heteroatoms. The third kappa shape index (κ3) is 4.23. The Hall–Kier alpha value is -3.13. The second-order valence-corrected chi connectivity index (χ2v) is 7.55. The van der Waals surface area contributed by atoms with Crippen LogP contribution in [-0.4, -0.2) is 28.2 Å². The lowest BCUT2D eigenvalue weighted by Crippen LogP contribution is -2.23. The molecule has 2 aromatic carbocycles. The predicted octanol–water partition coefficient (Wildman–Crippen LogP) is 4.58. The number of nitro benzene ring substituents is 1. The Kier molecular flexibility index (Phi) is 5.79. The zero-order valence-electron chi connectivity index (χ0n) is 15.6. The monoisotopic (exact) mass is 397 g/mol. The number of ether oxygens (including phenoxy) is 1. The summed E-state index contributed by atoms with van der Waals surface area (Å²) in [5, 5.41) is 15.1. The number of hydrogen-bond donors (Lipinski definition) is 1.